The second kappa shape index (κ2) is 3.12. The highest BCUT2D eigenvalue weighted by atomic mass is 35.5. The summed E-state index contributed by atoms with van der Waals surface area (Å²) in [6.45, 7) is 0.796. The summed E-state index contributed by atoms with van der Waals surface area (Å²) in [5.41, 5.74) is 0.772. The van der Waals surface area contributed by atoms with Crippen molar-refractivity contribution in [1.82, 2.24) is 10.2 Å². The molecule has 0 spiro atoms. The standard InChI is InChI=1S/C8H10ClN3O/c1-12-3-2-6(13)5-4-7(9)10-11-8(5)12/h4,6,13H,2-3H2,1H3. The zero-order chi connectivity index (χ0) is 9.42. The van der Waals surface area contributed by atoms with Gasteiger partial charge in [-0.2, -0.15) is 0 Å². The first-order chi connectivity index (χ1) is 6.18. The predicted octanol–water partition coefficient (Wildman–Crippen LogP) is 1.00. The van der Waals surface area contributed by atoms with Crippen molar-refractivity contribution in [2.45, 2.75) is 12.5 Å². The van der Waals surface area contributed by atoms with Crippen LogP contribution in [0.3, 0.4) is 0 Å². The Morgan fingerprint density at radius 1 is 1.62 bits per heavy atom. The fourth-order valence-corrected chi connectivity index (χ4v) is 1.65. The molecule has 2 heterocycles. The number of hydrogen-bond acceptors (Lipinski definition) is 4. The fourth-order valence-electron chi connectivity index (χ4n) is 1.49. The lowest BCUT2D eigenvalue weighted by atomic mass is 10.0. The van der Waals surface area contributed by atoms with E-state index in [-0.39, 0.29) is 0 Å². The van der Waals surface area contributed by atoms with E-state index < -0.39 is 6.10 Å². The van der Waals surface area contributed by atoms with Gasteiger partial charge in [0, 0.05) is 19.2 Å². The molecule has 70 valence electrons. The molecule has 2 rings (SSSR count). The molecule has 1 aromatic rings. The number of halogens is 1. The van der Waals surface area contributed by atoms with Crippen LogP contribution in [-0.4, -0.2) is 28.9 Å². The molecule has 1 unspecified atom stereocenters. The summed E-state index contributed by atoms with van der Waals surface area (Å²) >= 11 is 5.69. The van der Waals surface area contributed by atoms with Crippen LogP contribution >= 0.6 is 11.6 Å². The molecule has 0 fully saturated rings. The quantitative estimate of drug-likeness (QED) is 0.678. The smallest absolute Gasteiger partial charge is 0.156 e. The van der Waals surface area contributed by atoms with Crippen LogP contribution in [0.4, 0.5) is 5.82 Å². The first kappa shape index (κ1) is 8.72. The predicted molar refractivity (Wildman–Crippen MR) is 49.9 cm³/mol. The third-order valence-corrected chi connectivity index (χ3v) is 2.42. The van der Waals surface area contributed by atoms with E-state index in [1.165, 1.54) is 0 Å². The van der Waals surface area contributed by atoms with E-state index in [0.29, 0.717) is 11.6 Å². The molecule has 4 nitrogen and oxygen atoms in total. The second-order valence-electron chi connectivity index (χ2n) is 3.17. The Morgan fingerprint density at radius 3 is 3.15 bits per heavy atom. The Balaban J connectivity index is 2.50. The first-order valence-corrected chi connectivity index (χ1v) is 4.48. The molecule has 1 aliphatic heterocycles. The van der Waals surface area contributed by atoms with Gasteiger partial charge in [0.2, 0.25) is 0 Å². The van der Waals surface area contributed by atoms with Crippen LogP contribution in [0.15, 0.2) is 6.07 Å². The maximum atomic E-state index is 9.65. The van der Waals surface area contributed by atoms with Crippen LogP contribution in [0, 0.1) is 0 Å². The van der Waals surface area contributed by atoms with Gasteiger partial charge in [-0.05, 0) is 12.5 Å². The van der Waals surface area contributed by atoms with E-state index in [4.69, 9.17) is 11.6 Å². The second-order valence-corrected chi connectivity index (χ2v) is 3.56. The van der Waals surface area contributed by atoms with E-state index in [1.807, 2.05) is 11.9 Å². The summed E-state index contributed by atoms with van der Waals surface area (Å²) in [7, 11) is 1.92. The molecule has 0 aromatic carbocycles. The lowest BCUT2D eigenvalue weighted by molar-refractivity contribution is 0.164. The molecule has 13 heavy (non-hydrogen) atoms. The van der Waals surface area contributed by atoms with E-state index in [0.717, 1.165) is 17.9 Å². The van der Waals surface area contributed by atoms with Crippen LogP contribution in [0.1, 0.15) is 18.1 Å². The third kappa shape index (κ3) is 1.47. The van der Waals surface area contributed by atoms with Gasteiger partial charge in [0.05, 0.1) is 6.10 Å². The Hall–Kier alpha value is -0.870. The lowest BCUT2D eigenvalue weighted by Crippen LogP contribution is -2.28. The summed E-state index contributed by atoms with van der Waals surface area (Å²) in [6.07, 6.45) is 0.255. The van der Waals surface area contributed by atoms with Gasteiger partial charge in [-0.15, -0.1) is 10.2 Å². The number of fused-ring (bicyclic) bond motifs is 1. The van der Waals surface area contributed by atoms with Crippen molar-refractivity contribution in [2.75, 3.05) is 18.5 Å². The molecule has 5 heteroatoms. The van der Waals surface area contributed by atoms with Crippen LogP contribution in [0.2, 0.25) is 5.15 Å². The zero-order valence-electron chi connectivity index (χ0n) is 7.24. The van der Waals surface area contributed by atoms with Crippen molar-refractivity contribution < 1.29 is 5.11 Å². The highest BCUT2D eigenvalue weighted by Crippen LogP contribution is 2.31. The molecule has 1 aliphatic rings. The van der Waals surface area contributed by atoms with E-state index in [2.05, 4.69) is 10.2 Å². The van der Waals surface area contributed by atoms with Gasteiger partial charge in [0.25, 0.3) is 0 Å². The van der Waals surface area contributed by atoms with Gasteiger partial charge >= 0.3 is 0 Å². The minimum absolute atomic E-state index is 0.327. The number of aromatic nitrogens is 2. The first-order valence-electron chi connectivity index (χ1n) is 4.11. The monoisotopic (exact) mass is 199 g/mol. The Kier molecular flexibility index (Phi) is 2.09. The van der Waals surface area contributed by atoms with E-state index in [9.17, 15) is 5.11 Å². The topological polar surface area (TPSA) is 49.2 Å². The van der Waals surface area contributed by atoms with Crippen molar-refractivity contribution in [3.05, 3.63) is 16.8 Å². The molecule has 0 bridgehead atoms. The molecule has 1 N–H and O–H groups in total. The third-order valence-electron chi connectivity index (χ3n) is 2.23. The van der Waals surface area contributed by atoms with Crippen molar-refractivity contribution >= 4 is 17.4 Å². The number of hydrogen-bond donors (Lipinski definition) is 1. The van der Waals surface area contributed by atoms with Crippen molar-refractivity contribution in [1.29, 1.82) is 0 Å². The van der Waals surface area contributed by atoms with Crippen molar-refractivity contribution in [2.24, 2.45) is 0 Å². The molecule has 1 aromatic heterocycles. The Labute approximate surface area is 81.2 Å². The van der Waals surface area contributed by atoms with Gasteiger partial charge < -0.3 is 10.0 Å². The number of anilines is 1. The van der Waals surface area contributed by atoms with Crippen molar-refractivity contribution in [3.63, 3.8) is 0 Å². The summed E-state index contributed by atoms with van der Waals surface area (Å²) in [5.74, 6) is 0.725. The molecule has 0 radical (unpaired) electrons. The molecule has 0 saturated carbocycles. The van der Waals surface area contributed by atoms with Gasteiger partial charge in [-0.3, -0.25) is 0 Å². The molecule has 0 saturated heterocycles. The largest absolute Gasteiger partial charge is 0.388 e. The van der Waals surface area contributed by atoms with E-state index >= 15 is 0 Å². The summed E-state index contributed by atoms with van der Waals surface area (Å²) in [4.78, 5) is 1.96. The number of aliphatic hydroxyl groups is 1. The Bertz CT molecular complexity index is 331. The summed E-state index contributed by atoms with van der Waals surface area (Å²) in [6, 6.07) is 1.67. The SMILES string of the molecule is CN1CCC(O)c2cc(Cl)nnc21. The number of aliphatic hydroxyl groups excluding tert-OH is 1. The number of rotatable bonds is 0. The van der Waals surface area contributed by atoms with Gasteiger partial charge in [0.15, 0.2) is 11.0 Å². The van der Waals surface area contributed by atoms with Crippen LogP contribution in [0.5, 0.6) is 0 Å². The molecular weight excluding hydrogens is 190 g/mol. The lowest BCUT2D eigenvalue weighted by Gasteiger charge is -2.28. The number of nitrogens with zero attached hydrogens (tertiary/aromatic N) is 3. The molecule has 0 aliphatic carbocycles. The highest BCUT2D eigenvalue weighted by Gasteiger charge is 2.23. The van der Waals surface area contributed by atoms with Gasteiger partial charge in [-0.25, -0.2) is 0 Å². The summed E-state index contributed by atoms with van der Waals surface area (Å²) < 4.78 is 0. The molecule has 0 amide bonds. The fraction of sp³-hybridized carbons (Fsp3) is 0.500. The Morgan fingerprint density at radius 2 is 2.38 bits per heavy atom. The van der Waals surface area contributed by atoms with E-state index in [1.54, 1.807) is 6.07 Å². The van der Waals surface area contributed by atoms with Gasteiger partial charge in [-0.1, -0.05) is 11.6 Å². The normalized spacial score (nSPS) is 21.5. The maximum Gasteiger partial charge on any atom is 0.156 e. The molecular formula is C8H10ClN3O. The zero-order valence-corrected chi connectivity index (χ0v) is 7.99. The van der Waals surface area contributed by atoms with Gasteiger partial charge in [0.1, 0.15) is 0 Å². The van der Waals surface area contributed by atoms with Crippen LogP contribution in [-0.2, 0) is 0 Å². The summed E-state index contributed by atoms with van der Waals surface area (Å²) in [5, 5.41) is 17.7. The minimum atomic E-state index is -0.459. The van der Waals surface area contributed by atoms with Crippen LogP contribution in [0.25, 0.3) is 0 Å². The minimum Gasteiger partial charge on any atom is -0.388 e. The molecule has 1 atom stereocenters. The van der Waals surface area contributed by atoms with Crippen LogP contribution < -0.4 is 4.90 Å². The van der Waals surface area contributed by atoms with Crippen molar-refractivity contribution in [3.8, 4) is 0 Å². The maximum absolute atomic E-state index is 9.65. The average Bonchev–Trinajstić information content (AvgIpc) is 2.12. The average molecular weight is 200 g/mol. The highest BCUT2D eigenvalue weighted by molar-refractivity contribution is 6.29.